The van der Waals surface area contributed by atoms with E-state index in [0.717, 1.165) is 21.5 Å². The Labute approximate surface area is 234 Å². The zero-order valence-corrected chi connectivity index (χ0v) is 25.4. The molecule has 10 heteroatoms. The third-order valence-electron chi connectivity index (χ3n) is 6.63. The van der Waals surface area contributed by atoms with Crippen LogP contribution in [0, 0.1) is 0 Å². The van der Waals surface area contributed by atoms with Gasteiger partial charge in [-0.25, -0.2) is 9.34 Å². The molecule has 0 saturated carbocycles. The van der Waals surface area contributed by atoms with Crippen molar-refractivity contribution >= 4 is 58.4 Å². The van der Waals surface area contributed by atoms with Gasteiger partial charge in [0.25, 0.3) is 0 Å². The molecule has 1 heterocycles. The molecule has 5 bridgehead atoms. The molecule has 1 aliphatic rings. The fourth-order valence-corrected chi connectivity index (χ4v) is 10.5. The molecule has 38 heavy (non-hydrogen) atoms. The first-order chi connectivity index (χ1) is 18.3. The number of benzene rings is 4. The summed E-state index contributed by atoms with van der Waals surface area (Å²) in [5.74, 6) is 2.58. The second-order valence-corrected chi connectivity index (χ2v) is 15.4. The van der Waals surface area contributed by atoms with E-state index in [1.807, 2.05) is 72.8 Å². The molecule has 1 aliphatic heterocycles. The van der Waals surface area contributed by atoms with Crippen molar-refractivity contribution in [2.75, 3.05) is 26.2 Å². The van der Waals surface area contributed by atoms with E-state index in [2.05, 4.69) is 37.0 Å². The molecule has 2 atom stereocenters. The maximum atomic E-state index is 6.68. The van der Waals surface area contributed by atoms with Gasteiger partial charge in [-0.3, -0.25) is 0 Å². The molecular formula is C28H32N2O4P2S2. The molecule has 4 aromatic carbocycles. The lowest BCUT2D eigenvalue weighted by atomic mass is 10.1. The fourth-order valence-electron chi connectivity index (χ4n) is 4.61. The number of nitrogens with zero attached hydrogens (tertiary/aromatic N) is 2. The Bertz CT molecular complexity index is 1570. The molecule has 200 valence electrons. The lowest BCUT2D eigenvalue weighted by Gasteiger charge is -2.33. The number of hydrogen-bond donors (Lipinski definition) is 0. The van der Waals surface area contributed by atoms with Crippen LogP contribution in [0.1, 0.15) is 27.7 Å². The second kappa shape index (κ2) is 11.1. The molecule has 0 saturated heterocycles. The van der Waals surface area contributed by atoms with Gasteiger partial charge >= 0.3 is 13.3 Å². The topological polar surface area (TPSA) is 43.4 Å². The summed E-state index contributed by atoms with van der Waals surface area (Å²) in [5.41, 5.74) is 0. The summed E-state index contributed by atoms with van der Waals surface area (Å²) < 4.78 is 30.5. The van der Waals surface area contributed by atoms with Crippen LogP contribution in [-0.2, 0) is 23.6 Å². The summed E-state index contributed by atoms with van der Waals surface area (Å²) >= 11 is 12.3. The van der Waals surface area contributed by atoms with Crippen molar-refractivity contribution in [3.63, 3.8) is 0 Å². The molecule has 2 unspecified atom stereocenters. The van der Waals surface area contributed by atoms with Gasteiger partial charge in [-0.2, -0.15) is 0 Å². The van der Waals surface area contributed by atoms with Gasteiger partial charge < -0.3 is 18.1 Å². The average Bonchev–Trinajstić information content (AvgIpc) is 2.89. The molecule has 4 aromatic rings. The van der Waals surface area contributed by atoms with Crippen LogP contribution in [0.2, 0.25) is 0 Å². The van der Waals surface area contributed by atoms with E-state index in [1.54, 1.807) is 0 Å². The Morgan fingerprint density at radius 2 is 1.03 bits per heavy atom. The predicted octanol–water partition coefficient (Wildman–Crippen LogP) is 8.35. The van der Waals surface area contributed by atoms with Gasteiger partial charge in [0.05, 0.1) is 0 Å². The van der Waals surface area contributed by atoms with Gasteiger partial charge in [-0.05, 0) is 58.6 Å². The molecule has 5 rings (SSSR count). The fraction of sp³-hybridized carbons (Fsp3) is 0.286. The van der Waals surface area contributed by atoms with Gasteiger partial charge in [0.1, 0.15) is 23.0 Å². The van der Waals surface area contributed by atoms with Crippen LogP contribution in [0.5, 0.6) is 23.0 Å². The number of rotatable bonds is 6. The van der Waals surface area contributed by atoms with E-state index in [4.69, 9.17) is 41.7 Å². The molecule has 0 aliphatic carbocycles. The molecule has 0 fully saturated rings. The molecule has 6 nitrogen and oxygen atoms in total. The highest BCUT2D eigenvalue weighted by atomic mass is 32.5. The van der Waals surface area contributed by atoms with Crippen LogP contribution < -0.4 is 18.1 Å². The van der Waals surface area contributed by atoms with Crippen molar-refractivity contribution in [3.8, 4) is 23.0 Å². The standard InChI is InChI=1S/C28H32N2O4P2S2/c1-5-29(6-2)35(37)31-24-15-12-21-13-16-25(19-23(21)18-24)32-36(38,30(7-3)8-4)34-28-11-9-10-22-14-17-26(33-35)20-27(22)28/h9-20H,5-8H2,1-4H3. The largest absolute Gasteiger partial charge is 0.424 e. The highest BCUT2D eigenvalue weighted by Crippen LogP contribution is 2.55. The average molecular weight is 587 g/mol. The highest BCUT2D eigenvalue weighted by molar-refractivity contribution is 8.09. The van der Waals surface area contributed by atoms with Crippen LogP contribution in [0.25, 0.3) is 21.5 Å². The SMILES string of the molecule is CCN(CC)P1(=S)Oc2ccc3ccc(cc3c2)OP(=S)(N(CC)CC)Oc2cccc3ccc(cc23)O1. The van der Waals surface area contributed by atoms with E-state index in [-0.39, 0.29) is 0 Å². The first-order valence-electron chi connectivity index (χ1n) is 12.9. The number of fused-ring (bicyclic) bond motifs is 3. The van der Waals surface area contributed by atoms with Crippen LogP contribution in [0.15, 0.2) is 72.8 Å². The smallest absolute Gasteiger partial charge is 0.367 e. The van der Waals surface area contributed by atoms with Gasteiger partial charge in [0, 0.05) is 55.2 Å². The summed E-state index contributed by atoms with van der Waals surface area (Å²) in [6.07, 6.45) is 0. The van der Waals surface area contributed by atoms with Gasteiger partial charge in [-0.1, -0.05) is 58.0 Å². The summed E-state index contributed by atoms with van der Waals surface area (Å²) in [7, 11) is 0. The Balaban J connectivity index is 1.76. The minimum absolute atomic E-state index is 0.623. The van der Waals surface area contributed by atoms with Crippen molar-refractivity contribution in [1.82, 2.24) is 9.34 Å². The monoisotopic (exact) mass is 586 g/mol. The lowest BCUT2D eigenvalue weighted by Crippen LogP contribution is -2.25. The van der Waals surface area contributed by atoms with E-state index in [1.165, 1.54) is 0 Å². The Morgan fingerprint density at radius 1 is 0.553 bits per heavy atom. The third kappa shape index (κ3) is 5.31. The second-order valence-electron chi connectivity index (χ2n) is 8.89. The Hall–Kier alpha value is -2.18. The van der Waals surface area contributed by atoms with E-state index in [0.29, 0.717) is 49.2 Å². The Kier molecular flexibility index (Phi) is 8.02. The first-order valence-corrected chi connectivity index (χ1v) is 18.0. The van der Waals surface area contributed by atoms with Crippen LogP contribution in [0.4, 0.5) is 0 Å². The molecule has 0 aromatic heterocycles. The predicted molar refractivity (Wildman–Crippen MR) is 165 cm³/mol. The van der Waals surface area contributed by atoms with Gasteiger partial charge in [0.2, 0.25) is 0 Å². The molecule has 0 N–H and O–H groups in total. The van der Waals surface area contributed by atoms with Crippen molar-refractivity contribution < 1.29 is 18.1 Å². The summed E-state index contributed by atoms with van der Waals surface area (Å²) in [4.78, 5) is 0. The minimum atomic E-state index is -2.95. The highest BCUT2D eigenvalue weighted by Gasteiger charge is 2.32. The van der Waals surface area contributed by atoms with Crippen molar-refractivity contribution in [1.29, 1.82) is 0 Å². The normalized spacial score (nSPS) is 21.2. The Morgan fingerprint density at radius 3 is 1.55 bits per heavy atom. The van der Waals surface area contributed by atoms with Crippen molar-refractivity contribution in [3.05, 3.63) is 72.8 Å². The molecular weight excluding hydrogens is 554 g/mol. The zero-order valence-electron chi connectivity index (χ0n) is 22.0. The van der Waals surface area contributed by atoms with Crippen molar-refractivity contribution in [2.24, 2.45) is 0 Å². The van der Waals surface area contributed by atoms with Crippen LogP contribution in [0.3, 0.4) is 0 Å². The zero-order chi connectivity index (χ0) is 26.9. The maximum absolute atomic E-state index is 6.68. The quantitative estimate of drug-likeness (QED) is 0.209. The van der Waals surface area contributed by atoms with Gasteiger partial charge in [0.15, 0.2) is 0 Å². The maximum Gasteiger partial charge on any atom is 0.367 e. The summed E-state index contributed by atoms with van der Waals surface area (Å²) in [6, 6.07) is 23.7. The molecule has 0 amide bonds. The first kappa shape index (κ1) is 27.4. The van der Waals surface area contributed by atoms with E-state index < -0.39 is 13.3 Å². The van der Waals surface area contributed by atoms with E-state index in [9.17, 15) is 0 Å². The molecule has 0 spiro atoms. The lowest BCUT2D eigenvalue weighted by molar-refractivity contribution is 0.367. The van der Waals surface area contributed by atoms with Crippen LogP contribution in [-0.4, -0.2) is 35.5 Å². The van der Waals surface area contributed by atoms with Crippen LogP contribution >= 0.6 is 13.3 Å². The summed E-state index contributed by atoms with van der Waals surface area (Å²) in [5, 5.41) is 3.90. The minimum Gasteiger partial charge on any atom is -0.424 e. The van der Waals surface area contributed by atoms with E-state index >= 15 is 0 Å². The number of hydrogen-bond acceptors (Lipinski definition) is 6. The molecule has 0 radical (unpaired) electrons. The third-order valence-corrected chi connectivity index (χ3v) is 13.2. The summed E-state index contributed by atoms with van der Waals surface area (Å²) in [6.45, 7) is 5.19. The van der Waals surface area contributed by atoms with Gasteiger partial charge in [-0.15, -0.1) is 0 Å². The van der Waals surface area contributed by atoms with Crippen molar-refractivity contribution in [2.45, 2.75) is 27.7 Å².